The number of Topliss-reactive ketones (excluding diaryl/α,β-unsaturated/α-hetero) is 1. The number of aliphatic hydroxyl groups excluding tert-OH is 1. The summed E-state index contributed by atoms with van der Waals surface area (Å²) in [5.41, 5.74) is 5.55. The Balaban J connectivity index is 1.59. The van der Waals surface area contributed by atoms with Crippen LogP contribution >= 0.6 is 0 Å². The van der Waals surface area contributed by atoms with Crippen LogP contribution in [-0.2, 0) is 11.2 Å². The van der Waals surface area contributed by atoms with Gasteiger partial charge in [0.15, 0.2) is 5.78 Å². The zero-order valence-electron chi connectivity index (χ0n) is 23.0. The summed E-state index contributed by atoms with van der Waals surface area (Å²) in [7, 11) is 1.49. The van der Waals surface area contributed by atoms with Gasteiger partial charge in [0.1, 0.15) is 41.2 Å². The highest BCUT2D eigenvalue weighted by molar-refractivity contribution is 5.96. The third kappa shape index (κ3) is 6.51. The summed E-state index contributed by atoms with van der Waals surface area (Å²) in [6.45, 7) is 5.46. The number of hydrogen-bond acceptors (Lipinski definition) is 7. The quantitative estimate of drug-likeness (QED) is 0.357. The molecule has 1 aromatic carbocycles. The summed E-state index contributed by atoms with van der Waals surface area (Å²) in [5.74, 6) is -3.69. The molecular weight excluding hydrogens is 523 g/mol. The lowest BCUT2D eigenvalue weighted by Gasteiger charge is -2.36. The van der Waals surface area contributed by atoms with Crippen molar-refractivity contribution in [2.24, 2.45) is 11.7 Å². The van der Waals surface area contributed by atoms with Gasteiger partial charge in [0.05, 0.1) is 17.3 Å². The van der Waals surface area contributed by atoms with Crippen molar-refractivity contribution < 1.29 is 32.5 Å². The van der Waals surface area contributed by atoms with E-state index in [4.69, 9.17) is 15.2 Å². The van der Waals surface area contributed by atoms with Gasteiger partial charge in [0, 0.05) is 44.1 Å². The van der Waals surface area contributed by atoms with Crippen molar-refractivity contribution in [3.8, 4) is 17.0 Å². The number of methoxy groups -OCH3 is 1. The van der Waals surface area contributed by atoms with E-state index in [0.717, 1.165) is 23.8 Å². The number of carbonyl (C=O) groups excluding carboxylic acids is 1. The van der Waals surface area contributed by atoms with Crippen molar-refractivity contribution in [3.63, 3.8) is 0 Å². The molecule has 0 saturated heterocycles. The molecule has 0 amide bonds. The number of hydrogen-bond donors (Lipinski definition) is 2. The molecule has 4 rings (SSSR count). The van der Waals surface area contributed by atoms with E-state index >= 15 is 8.78 Å². The summed E-state index contributed by atoms with van der Waals surface area (Å²) in [6.07, 6.45) is 3.77. The second-order valence-corrected chi connectivity index (χ2v) is 11.0. The fourth-order valence-corrected chi connectivity index (χ4v) is 5.02. The van der Waals surface area contributed by atoms with Crippen molar-refractivity contribution >= 4 is 5.78 Å². The third-order valence-corrected chi connectivity index (χ3v) is 7.49. The van der Waals surface area contributed by atoms with Crippen molar-refractivity contribution in [2.45, 2.75) is 63.7 Å². The Bertz CT molecular complexity index is 1350. The molecule has 3 aromatic rings. The molecule has 7 nitrogen and oxygen atoms in total. The van der Waals surface area contributed by atoms with Crippen molar-refractivity contribution in [3.05, 3.63) is 77.0 Å². The standard InChI is InChI=1S/C30H34F3N3O4/c1-16-9-17(10-24(34)29(16)38)20-7-8-35-14-18(20)11-26(37)25-6-5-21(31)28(36-25)27-22(32)12-19(13-23(27)33)40-15-30(2,3)39-4/h5-8,12-14,16-17,24,29,38H,9-11,15,34H2,1-4H3/t16-,17+,24+,29+/m0/s1. The molecule has 214 valence electrons. The van der Waals surface area contributed by atoms with E-state index in [1.54, 1.807) is 26.2 Å². The molecule has 1 fully saturated rings. The van der Waals surface area contributed by atoms with Gasteiger partial charge in [-0.05, 0) is 67.9 Å². The molecule has 0 aliphatic heterocycles. The van der Waals surface area contributed by atoms with Gasteiger partial charge in [0.25, 0.3) is 0 Å². The predicted octanol–water partition coefficient (Wildman–Crippen LogP) is 4.99. The van der Waals surface area contributed by atoms with E-state index < -0.39 is 46.2 Å². The molecule has 40 heavy (non-hydrogen) atoms. The Kier molecular flexibility index (Phi) is 8.92. The average molecular weight is 558 g/mol. The largest absolute Gasteiger partial charge is 0.490 e. The summed E-state index contributed by atoms with van der Waals surface area (Å²) >= 11 is 0. The summed E-state index contributed by atoms with van der Waals surface area (Å²) < 4.78 is 55.5. The Morgan fingerprint density at radius 1 is 1.12 bits per heavy atom. The molecule has 0 bridgehead atoms. The SMILES string of the molecule is COC(C)(C)COc1cc(F)c(-c2nc(C(=O)Cc3cnccc3[C@H]3C[C@@H](N)[C@H](O)[C@@H](C)C3)ccc2F)c(F)c1. The zero-order valence-corrected chi connectivity index (χ0v) is 23.0. The topological polar surface area (TPSA) is 108 Å². The average Bonchev–Trinajstić information content (AvgIpc) is 2.91. The van der Waals surface area contributed by atoms with E-state index in [1.807, 2.05) is 13.0 Å². The molecule has 2 aromatic heterocycles. The summed E-state index contributed by atoms with van der Waals surface area (Å²) in [6, 6.07) is 5.47. The van der Waals surface area contributed by atoms with E-state index in [0.29, 0.717) is 18.4 Å². The van der Waals surface area contributed by atoms with Gasteiger partial charge >= 0.3 is 0 Å². The number of carbonyl (C=O) groups is 1. The lowest BCUT2D eigenvalue weighted by Crippen LogP contribution is -2.44. The Hall–Kier alpha value is -3.34. The molecule has 1 aliphatic rings. The van der Waals surface area contributed by atoms with E-state index in [2.05, 4.69) is 9.97 Å². The van der Waals surface area contributed by atoms with Crippen LogP contribution in [0.25, 0.3) is 11.3 Å². The van der Waals surface area contributed by atoms with Gasteiger partial charge in [-0.25, -0.2) is 18.2 Å². The van der Waals surface area contributed by atoms with Gasteiger partial charge in [-0.1, -0.05) is 6.92 Å². The second kappa shape index (κ2) is 12.0. The maximum absolute atomic E-state index is 15.0. The molecule has 0 unspecified atom stereocenters. The minimum absolute atomic E-state index is 0.0140. The molecule has 1 saturated carbocycles. The number of pyridine rings is 2. The third-order valence-electron chi connectivity index (χ3n) is 7.49. The first-order valence-electron chi connectivity index (χ1n) is 13.1. The molecular formula is C30H34F3N3O4. The van der Waals surface area contributed by atoms with Crippen LogP contribution in [0, 0.1) is 23.4 Å². The van der Waals surface area contributed by atoms with E-state index in [-0.39, 0.29) is 42.3 Å². The first kappa shape index (κ1) is 29.6. The van der Waals surface area contributed by atoms with Crippen LogP contribution in [0.3, 0.4) is 0 Å². The number of ketones is 1. The summed E-state index contributed by atoms with van der Waals surface area (Å²) in [4.78, 5) is 21.4. The van der Waals surface area contributed by atoms with Gasteiger partial charge in [-0.15, -0.1) is 0 Å². The first-order valence-corrected chi connectivity index (χ1v) is 13.1. The minimum Gasteiger partial charge on any atom is -0.490 e. The number of benzene rings is 1. The number of aromatic nitrogens is 2. The zero-order chi connectivity index (χ0) is 29.2. The normalized spacial score (nSPS) is 21.3. The fourth-order valence-electron chi connectivity index (χ4n) is 5.02. The Labute approximate surface area is 231 Å². The van der Waals surface area contributed by atoms with Crippen LogP contribution in [0.15, 0.2) is 42.7 Å². The number of halogens is 3. The number of nitrogens with zero attached hydrogens (tertiary/aromatic N) is 2. The van der Waals surface area contributed by atoms with E-state index in [1.165, 1.54) is 13.2 Å². The number of nitrogens with two attached hydrogens (primary N) is 1. The molecule has 1 aliphatic carbocycles. The van der Waals surface area contributed by atoms with Crippen LogP contribution in [0.5, 0.6) is 5.75 Å². The van der Waals surface area contributed by atoms with Crippen molar-refractivity contribution in [2.75, 3.05) is 13.7 Å². The highest BCUT2D eigenvalue weighted by atomic mass is 19.1. The molecule has 4 atom stereocenters. The maximum Gasteiger partial charge on any atom is 0.185 e. The predicted molar refractivity (Wildman–Crippen MR) is 144 cm³/mol. The van der Waals surface area contributed by atoms with Crippen molar-refractivity contribution in [1.82, 2.24) is 9.97 Å². The Morgan fingerprint density at radius 2 is 1.82 bits per heavy atom. The van der Waals surface area contributed by atoms with Crippen LogP contribution in [-0.4, -0.2) is 52.3 Å². The van der Waals surface area contributed by atoms with Crippen LogP contribution in [0.1, 0.15) is 61.1 Å². The van der Waals surface area contributed by atoms with Gasteiger partial charge in [-0.2, -0.15) is 0 Å². The highest BCUT2D eigenvalue weighted by Crippen LogP contribution is 2.37. The molecule has 10 heteroatoms. The lowest BCUT2D eigenvalue weighted by atomic mass is 9.74. The van der Waals surface area contributed by atoms with E-state index in [9.17, 15) is 14.3 Å². The molecule has 2 heterocycles. The smallest absolute Gasteiger partial charge is 0.185 e. The van der Waals surface area contributed by atoms with Gasteiger partial charge in [-0.3, -0.25) is 9.78 Å². The number of rotatable bonds is 9. The van der Waals surface area contributed by atoms with Crippen molar-refractivity contribution in [1.29, 1.82) is 0 Å². The maximum atomic E-state index is 15.0. The number of aliphatic hydroxyl groups is 1. The van der Waals surface area contributed by atoms with Gasteiger partial charge in [0.2, 0.25) is 0 Å². The lowest BCUT2D eigenvalue weighted by molar-refractivity contribution is -0.0148. The monoisotopic (exact) mass is 557 g/mol. The van der Waals surface area contributed by atoms with Crippen LogP contribution in [0.2, 0.25) is 0 Å². The Morgan fingerprint density at radius 3 is 2.48 bits per heavy atom. The highest BCUT2D eigenvalue weighted by Gasteiger charge is 2.34. The minimum atomic E-state index is -1.08. The molecule has 0 radical (unpaired) electrons. The van der Waals surface area contributed by atoms with Crippen LogP contribution < -0.4 is 10.5 Å². The molecule has 3 N–H and O–H groups in total. The first-order chi connectivity index (χ1) is 18.9. The second-order valence-electron chi connectivity index (χ2n) is 11.0. The molecule has 0 spiro atoms. The number of ether oxygens (including phenoxy) is 2. The van der Waals surface area contributed by atoms with Gasteiger partial charge < -0.3 is 20.3 Å². The fraction of sp³-hybridized carbons (Fsp3) is 0.433. The summed E-state index contributed by atoms with van der Waals surface area (Å²) in [5, 5.41) is 10.2. The van der Waals surface area contributed by atoms with Crippen LogP contribution in [0.4, 0.5) is 13.2 Å².